The number of hydrazine groups is 1. The van der Waals surface area contributed by atoms with Crippen LogP contribution in [0.1, 0.15) is 57.8 Å². The molecule has 1 heterocycles. The Kier molecular flexibility index (Phi) is 8.65. The Morgan fingerprint density at radius 3 is 2.53 bits per heavy atom. The van der Waals surface area contributed by atoms with Crippen molar-refractivity contribution >= 4 is 6.09 Å². The van der Waals surface area contributed by atoms with Gasteiger partial charge in [-0.2, -0.15) is 0 Å². The van der Waals surface area contributed by atoms with Gasteiger partial charge in [-0.3, -0.25) is 5.43 Å². The molecule has 0 aliphatic carbocycles. The van der Waals surface area contributed by atoms with E-state index in [1.54, 1.807) is 0 Å². The summed E-state index contributed by atoms with van der Waals surface area (Å²) in [6, 6.07) is 2.78. The minimum atomic E-state index is -0.962. The van der Waals surface area contributed by atoms with Crippen LogP contribution in [0, 0.1) is 12.0 Å². The summed E-state index contributed by atoms with van der Waals surface area (Å²) in [5, 5.41) is 11.3. The summed E-state index contributed by atoms with van der Waals surface area (Å²) >= 11 is 0. The molecule has 5 nitrogen and oxygen atoms in total. The highest BCUT2D eigenvalue weighted by Crippen LogP contribution is 2.10. The minimum Gasteiger partial charge on any atom is -0.465 e. The zero-order valence-corrected chi connectivity index (χ0v) is 11.5. The monoisotopic (exact) mass is 267 g/mol. The van der Waals surface area contributed by atoms with Crippen molar-refractivity contribution in [1.82, 2.24) is 16.2 Å². The fraction of sp³-hybridized carbons (Fsp3) is 0.786. The van der Waals surface area contributed by atoms with Gasteiger partial charge in [0.05, 0.1) is 0 Å². The van der Waals surface area contributed by atoms with Crippen molar-refractivity contribution in [2.75, 3.05) is 6.54 Å². The van der Waals surface area contributed by atoms with Crippen LogP contribution in [0.5, 0.6) is 0 Å². The lowest BCUT2D eigenvalue weighted by atomic mass is 10.0. The van der Waals surface area contributed by atoms with Crippen LogP contribution in [0.4, 0.5) is 4.79 Å². The van der Waals surface area contributed by atoms with E-state index in [9.17, 15) is 4.79 Å². The second-order valence-corrected chi connectivity index (χ2v) is 4.97. The number of hydrogen-bond acceptors (Lipinski definition) is 3. The van der Waals surface area contributed by atoms with E-state index in [1.807, 2.05) is 0 Å². The van der Waals surface area contributed by atoms with E-state index in [2.05, 4.69) is 28.1 Å². The molecule has 0 saturated carbocycles. The van der Waals surface area contributed by atoms with Crippen molar-refractivity contribution in [3.05, 3.63) is 0 Å². The molecular weight excluding hydrogens is 242 g/mol. The third kappa shape index (κ3) is 9.20. The van der Waals surface area contributed by atoms with Crippen LogP contribution < -0.4 is 16.2 Å². The smallest absolute Gasteiger partial charge is 0.404 e. The van der Waals surface area contributed by atoms with Gasteiger partial charge in [-0.25, -0.2) is 10.2 Å². The molecule has 0 aromatic carbocycles. The van der Waals surface area contributed by atoms with Crippen LogP contribution >= 0.6 is 0 Å². The van der Waals surface area contributed by atoms with Gasteiger partial charge in [0.25, 0.3) is 0 Å². The Bertz CT molecular complexity index is 310. The normalized spacial score (nSPS) is 22.8. The maximum Gasteiger partial charge on any atom is 0.404 e. The molecule has 108 valence electrons. The first kappa shape index (κ1) is 15.6. The average molecular weight is 267 g/mol. The van der Waals surface area contributed by atoms with Gasteiger partial charge in [0.15, 0.2) is 0 Å². The van der Waals surface area contributed by atoms with Crippen molar-refractivity contribution in [3.63, 3.8) is 0 Å². The third-order valence-corrected chi connectivity index (χ3v) is 3.27. The predicted molar refractivity (Wildman–Crippen MR) is 75.4 cm³/mol. The van der Waals surface area contributed by atoms with Gasteiger partial charge in [0, 0.05) is 25.1 Å². The molecule has 1 amide bonds. The molecule has 4 N–H and O–H groups in total. The highest BCUT2D eigenvalue weighted by molar-refractivity contribution is 5.64. The van der Waals surface area contributed by atoms with Crippen molar-refractivity contribution in [2.45, 2.75) is 63.8 Å². The largest absolute Gasteiger partial charge is 0.465 e. The topological polar surface area (TPSA) is 73.4 Å². The minimum absolute atomic E-state index is 0.0584. The van der Waals surface area contributed by atoms with Gasteiger partial charge < -0.3 is 10.4 Å². The SMILES string of the molecule is O=C(O)NC1CCCCCCCCCC#CNNC1. The molecule has 5 heteroatoms. The molecule has 1 unspecified atom stereocenters. The van der Waals surface area contributed by atoms with Crippen molar-refractivity contribution in [2.24, 2.45) is 0 Å². The van der Waals surface area contributed by atoms with Gasteiger partial charge in [0.1, 0.15) is 0 Å². The molecule has 0 aromatic heterocycles. The number of carboxylic acid groups (broad SMARTS) is 1. The molecule has 0 saturated heterocycles. The van der Waals surface area contributed by atoms with Gasteiger partial charge in [-0.1, -0.05) is 44.4 Å². The zero-order chi connectivity index (χ0) is 13.8. The van der Waals surface area contributed by atoms with Gasteiger partial charge >= 0.3 is 6.09 Å². The van der Waals surface area contributed by atoms with Gasteiger partial charge in [0.2, 0.25) is 0 Å². The summed E-state index contributed by atoms with van der Waals surface area (Å²) in [4.78, 5) is 10.7. The Labute approximate surface area is 115 Å². The lowest BCUT2D eigenvalue weighted by Gasteiger charge is -2.17. The quantitative estimate of drug-likeness (QED) is 0.550. The molecule has 1 rings (SSSR count). The van der Waals surface area contributed by atoms with Crippen molar-refractivity contribution in [3.8, 4) is 12.0 Å². The van der Waals surface area contributed by atoms with Crippen LogP contribution in [-0.2, 0) is 0 Å². The summed E-state index contributed by atoms with van der Waals surface area (Å²) in [5.74, 6) is 3.05. The number of amides is 1. The van der Waals surface area contributed by atoms with Crippen LogP contribution in [-0.4, -0.2) is 23.8 Å². The maximum absolute atomic E-state index is 10.7. The summed E-state index contributed by atoms with van der Waals surface area (Å²) in [5.41, 5.74) is 5.77. The fourth-order valence-corrected chi connectivity index (χ4v) is 2.21. The number of nitrogens with one attached hydrogen (secondary N) is 3. The first-order valence-electron chi connectivity index (χ1n) is 7.24. The zero-order valence-electron chi connectivity index (χ0n) is 11.5. The summed E-state index contributed by atoms with van der Waals surface area (Å²) in [6.45, 7) is 0.557. The molecule has 0 spiro atoms. The van der Waals surface area contributed by atoms with E-state index in [1.165, 1.54) is 32.1 Å². The second-order valence-electron chi connectivity index (χ2n) is 4.97. The summed E-state index contributed by atoms with van der Waals surface area (Å²) in [6.07, 6.45) is 9.31. The molecule has 1 aliphatic heterocycles. The van der Waals surface area contributed by atoms with E-state index in [0.29, 0.717) is 6.54 Å². The molecule has 19 heavy (non-hydrogen) atoms. The standard InChI is InChI=1S/C14H25N3O2/c18-14(19)17-13-10-8-6-4-2-1-3-5-7-9-11-15-16-12-13/h13,15-17H,1-8,10,12H2,(H,18,19). The Morgan fingerprint density at radius 1 is 1.11 bits per heavy atom. The number of carbonyl (C=O) groups is 1. The van der Waals surface area contributed by atoms with E-state index in [-0.39, 0.29) is 6.04 Å². The first-order chi connectivity index (χ1) is 9.29. The van der Waals surface area contributed by atoms with E-state index >= 15 is 0 Å². The molecule has 0 radical (unpaired) electrons. The lowest BCUT2D eigenvalue weighted by molar-refractivity contribution is 0.188. The van der Waals surface area contributed by atoms with Crippen LogP contribution in [0.25, 0.3) is 0 Å². The number of rotatable bonds is 1. The van der Waals surface area contributed by atoms with Crippen LogP contribution in [0.15, 0.2) is 0 Å². The Balaban J connectivity index is 2.35. The van der Waals surface area contributed by atoms with Crippen LogP contribution in [0.3, 0.4) is 0 Å². The lowest BCUT2D eigenvalue weighted by Crippen LogP contribution is -2.44. The Morgan fingerprint density at radius 2 is 1.79 bits per heavy atom. The van der Waals surface area contributed by atoms with Gasteiger partial charge in [-0.05, 0) is 12.8 Å². The van der Waals surface area contributed by atoms with E-state index in [0.717, 1.165) is 25.7 Å². The third-order valence-electron chi connectivity index (χ3n) is 3.27. The van der Waals surface area contributed by atoms with Crippen molar-refractivity contribution in [1.29, 1.82) is 0 Å². The molecule has 0 aromatic rings. The molecule has 1 aliphatic rings. The predicted octanol–water partition coefficient (Wildman–Crippen LogP) is 2.20. The second kappa shape index (κ2) is 10.5. The molecule has 0 fully saturated rings. The van der Waals surface area contributed by atoms with Gasteiger partial charge in [-0.15, -0.1) is 0 Å². The van der Waals surface area contributed by atoms with Crippen molar-refractivity contribution < 1.29 is 9.90 Å². The highest BCUT2D eigenvalue weighted by Gasteiger charge is 2.10. The Hall–Kier alpha value is -1.41. The summed E-state index contributed by atoms with van der Waals surface area (Å²) in [7, 11) is 0. The number of hydrogen-bond donors (Lipinski definition) is 4. The maximum atomic E-state index is 10.7. The first-order valence-corrected chi connectivity index (χ1v) is 7.24. The molecule has 1 atom stereocenters. The fourth-order valence-electron chi connectivity index (χ4n) is 2.21. The van der Waals surface area contributed by atoms with E-state index in [4.69, 9.17) is 5.11 Å². The highest BCUT2D eigenvalue weighted by atomic mass is 16.4. The summed E-state index contributed by atoms with van der Waals surface area (Å²) < 4.78 is 0. The average Bonchev–Trinajstić information content (AvgIpc) is 2.38. The molecular formula is C14H25N3O2. The van der Waals surface area contributed by atoms with Crippen LogP contribution in [0.2, 0.25) is 0 Å². The molecule has 0 bridgehead atoms. The van der Waals surface area contributed by atoms with E-state index < -0.39 is 6.09 Å².